The van der Waals surface area contributed by atoms with E-state index in [4.69, 9.17) is 10.5 Å². The lowest BCUT2D eigenvalue weighted by Gasteiger charge is -2.15. The van der Waals surface area contributed by atoms with Crippen LogP contribution in [0.2, 0.25) is 0 Å². The minimum atomic E-state index is 0.447. The average Bonchev–Trinajstić information content (AvgIpc) is 2.89. The van der Waals surface area contributed by atoms with Gasteiger partial charge in [-0.1, -0.05) is 17.7 Å². The van der Waals surface area contributed by atoms with Crippen LogP contribution in [0.25, 0.3) is 0 Å². The Hall–Kier alpha value is -1.88. The van der Waals surface area contributed by atoms with Gasteiger partial charge in [0.05, 0.1) is 0 Å². The molecule has 0 atom stereocenters. The van der Waals surface area contributed by atoms with Crippen LogP contribution in [0.3, 0.4) is 0 Å². The molecule has 1 aliphatic rings. The minimum absolute atomic E-state index is 0.447. The first-order valence-corrected chi connectivity index (χ1v) is 7.11. The van der Waals surface area contributed by atoms with E-state index in [1.807, 2.05) is 12.1 Å². The first-order chi connectivity index (χ1) is 9.78. The standard InChI is InChI=1S/C15H20N4O/c1-11-5-6-13(12(8-11)9-16)20-10-15-18-17-14-4-2-3-7-19(14)15/h5-6,8H,2-4,7,9-10,16H2,1H3. The molecule has 5 nitrogen and oxygen atoms in total. The summed E-state index contributed by atoms with van der Waals surface area (Å²) in [5.74, 6) is 2.83. The molecule has 2 heterocycles. The Balaban J connectivity index is 1.75. The lowest BCUT2D eigenvalue weighted by Crippen LogP contribution is -2.15. The lowest BCUT2D eigenvalue weighted by atomic mass is 10.1. The Morgan fingerprint density at radius 2 is 2.20 bits per heavy atom. The number of benzene rings is 1. The summed E-state index contributed by atoms with van der Waals surface area (Å²) < 4.78 is 8.07. The molecular weight excluding hydrogens is 252 g/mol. The molecule has 0 fully saturated rings. The van der Waals surface area contributed by atoms with Crippen molar-refractivity contribution in [2.24, 2.45) is 5.73 Å². The van der Waals surface area contributed by atoms with Crippen molar-refractivity contribution in [2.75, 3.05) is 0 Å². The van der Waals surface area contributed by atoms with Crippen LogP contribution in [0.5, 0.6) is 5.75 Å². The molecule has 0 unspecified atom stereocenters. The van der Waals surface area contributed by atoms with Crippen LogP contribution in [-0.4, -0.2) is 14.8 Å². The predicted octanol–water partition coefficient (Wildman–Crippen LogP) is 1.96. The van der Waals surface area contributed by atoms with Gasteiger partial charge in [0.2, 0.25) is 0 Å². The number of rotatable bonds is 4. The quantitative estimate of drug-likeness (QED) is 0.924. The van der Waals surface area contributed by atoms with Crippen molar-refractivity contribution in [3.05, 3.63) is 41.0 Å². The predicted molar refractivity (Wildman–Crippen MR) is 76.4 cm³/mol. The molecule has 0 saturated carbocycles. The Labute approximate surface area is 118 Å². The van der Waals surface area contributed by atoms with Gasteiger partial charge in [0, 0.05) is 25.1 Å². The Morgan fingerprint density at radius 1 is 1.30 bits per heavy atom. The third-order valence-corrected chi connectivity index (χ3v) is 3.73. The highest BCUT2D eigenvalue weighted by Crippen LogP contribution is 2.21. The largest absolute Gasteiger partial charge is 0.485 e. The maximum absolute atomic E-state index is 5.89. The SMILES string of the molecule is Cc1ccc(OCc2nnc3n2CCCC3)c(CN)c1. The number of aryl methyl sites for hydroxylation is 2. The minimum Gasteiger partial charge on any atom is -0.485 e. The van der Waals surface area contributed by atoms with Crippen LogP contribution in [-0.2, 0) is 26.1 Å². The fourth-order valence-corrected chi connectivity index (χ4v) is 2.63. The molecule has 20 heavy (non-hydrogen) atoms. The average molecular weight is 272 g/mol. The summed E-state index contributed by atoms with van der Waals surface area (Å²) in [6.45, 7) is 3.98. The van der Waals surface area contributed by atoms with Crippen LogP contribution < -0.4 is 10.5 Å². The summed E-state index contributed by atoms with van der Waals surface area (Å²) in [7, 11) is 0. The van der Waals surface area contributed by atoms with Gasteiger partial charge in [-0.25, -0.2) is 0 Å². The van der Waals surface area contributed by atoms with E-state index >= 15 is 0 Å². The molecule has 0 radical (unpaired) electrons. The van der Waals surface area contributed by atoms with E-state index in [-0.39, 0.29) is 0 Å². The number of fused-ring (bicyclic) bond motifs is 1. The molecule has 3 rings (SSSR count). The Bertz CT molecular complexity index is 606. The molecular formula is C15H20N4O. The smallest absolute Gasteiger partial charge is 0.171 e. The van der Waals surface area contributed by atoms with Crippen LogP contribution in [0, 0.1) is 6.92 Å². The highest BCUT2D eigenvalue weighted by Gasteiger charge is 2.16. The molecule has 1 aromatic carbocycles. The normalized spacial score (nSPS) is 14.1. The molecule has 0 bridgehead atoms. The van der Waals surface area contributed by atoms with Gasteiger partial charge < -0.3 is 15.0 Å². The number of hydrogen-bond donors (Lipinski definition) is 1. The summed E-state index contributed by atoms with van der Waals surface area (Å²) in [5.41, 5.74) is 7.99. The highest BCUT2D eigenvalue weighted by atomic mass is 16.5. The van der Waals surface area contributed by atoms with Gasteiger partial charge in [-0.2, -0.15) is 0 Å². The molecule has 2 N–H and O–H groups in total. The third-order valence-electron chi connectivity index (χ3n) is 3.73. The molecule has 106 valence electrons. The number of nitrogens with zero attached hydrogens (tertiary/aromatic N) is 3. The maximum atomic E-state index is 5.89. The van der Waals surface area contributed by atoms with Gasteiger partial charge in [0.15, 0.2) is 5.82 Å². The monoisotopic (exact) mass is 272 g/mol. The first kappa shape index (κ1) is 13.1. The van der Waals surface area contributed by atoms with E-state index in [0.29, 0.717) is 13.2 Å². The van der Waals surface area contributed by atoms with Gasteiger partial charge in [0.25, 0.3) is 0 Å². The second-order valence-electron chi connectivity index (χ2n) is 5.25. The Kier molecular flexibility index (Phi) is 3.69. The number of ether oxygens (including phenoxy) is 1. The van der Waals surface area contributed by atoms with Crippen LogP contribution in [0.4, 0.5) is 0 Å². The van der Waals surface area contributed by atoms with E-state index in [1.165, 1.54) is 18.4 Å². The highest BCUT2D eigenvalue weighted by molar-refractivity contribution is 5.36. The van der Waals surface area contributed by atoms with Gasteiger partial charge in [-0.3, -0.25) is 0 Å². The topological polar surface area (TPSA) is 66.0 Å². The van der Waals surface area contributed by atoms with Crippen molar-refractivity contribution in [1.82, 2.24) is 14.8 Å². The molecule has 2 aromatic rings. The Morgan fingerprint density at radius 3 is 3.05 bits per heavy atom. The fourth-order valence-electron chi connectivity index (χ4n) is 2.63. The van der Waals surface area contributed by atoms with Crippen molar-refractivity contribution in [1.29, 1.82) is 0 Å². The zero-order valence-electron chi connectivity index (χ0n) is 11.8. The number of aromatic nitrogens is 3. The van der Waals surface area contributed by atoms with Crippen molar-refractivity contribution in [3.8, 4) is 5.75 Å². The maximum Gasteiger partial charge on any atom is 0.171 e. The van der Waals surface area contributed by atoms with Crippen molar-refractivity contribution < 1.29 is 4.74 Å². The molecule has 5 heteroatoms. The number of hydrogen-bond acceptors (Lipinski definition) is 4. The third kappa shape index (κ3) is 2.54. The molecule has 0 amide bonds. The summed E-state index contributed by atoms with van der Waals surface area (Å²) in [6.07, 6.45) is 3.41. The van der Waals surface area contributed by atoms with Crippen LogP contribution in [0.15, 0.2) is 18.2 Å². The van der Waals surface area contributed by atoms with E-state index in [1.54, 1.807) is 0 Å². The first-order valence-electron chi connectivity index (χ1n) is 7.11. The second kappa shape index (κ2) is 5.63. The van der Waals surface area contributed by atoms with E-state index in [2.05, 4.69) is 27.8 Å². The fraction of sp³-hybridized carbons (Fsp3) is 0.467. The zero-order chi connectivity index (χ0) is 13.9. The zero-order valence-corrected chi connectivity index (χ0v) is 11.8. The van der Waals surface area contributed by atoms with Crippen molar-refractivity contribution in [3.63, 3.8) is 0 Å². The second-order valence-corrected chi connectivity index (χ2v) is 5.25. The summed E-state index contributed by atoms with van der Waals surface area (Å²) in [6, 6.07) is 6.08. The van der Waals surface area contributed by atoms with Crippen LogP contribution >= 0.6 is 0 Å². The molecule has 1 aliphatic heterocycles. The van der Waals surface area contributed by atoms with E-state index < -0.39 is 0 Å². The molecule has 1 aromatic heterocycles. The molecule has 0 spiro atoms. The summed E-state index contributed by atoms with van der Waals surface area (Å²) in [5, 5.41) is 8.48. The van der Waals surface area contributed by atoms with Gasteiger partial charge >= 0.3 is 0 Å². The molecule has 0 aliphatic carbocycles. The summed E-state index contributed by atoms with van der Waals surface area (Å²) in [4.78, 5) is 0. The van der Waals surface area contributed by atoms with Crippen molar-refractivity contribution >= 4 is 0 Å². The number of nitrogens with two attached hydrogens (primary N) is 1. The molecule has 0 saturated heterocycles. The van der Waals surface area contributed by atoms with Crippen LogP contribution in [0.1, 0.15) is 35.6 Å². The van der Waals surface area contributed by atoms with E-state index in [0.717, 1.165) is 35.9 Å². The van der Waals surface area contributed by atoms with Gasteiger partial charge in [-0.15, -0.1) is 10.2 Å². The van der Waals surface area contributed by atoms with Gasteiger partial charge in [-0.05, 0) is 25.8 Å². The van der Waals surface area contributed by atoms with Gasteiger partial charge in [0.1, 0.15) is 18.2 Å². The van der Waals surface area contributed by atoms with E-state index in [9.17, 15) is 0 Å². The van der Waals surface area contributed by atoms with Crippen molar-refractivity contribution in [2.45, 2.75) is 45.9 Å². The lowest BCUT2D eigenvalue weighted by molar-refractivity contribution is 0.283. The summed E-state index contributed by atoms with van der Waals surface area (Å²) >= 11 is 0.